The van der Waals surface area contributed by atoms with Gasteiger partial charge in [0, 0.05) is 5.56 Å². The molecule has 72 valence electrons. The zero-order chi connectivity index (χ0) is 9.97. The maximum Gasteiger partial charge on any atom is 0.144 e. The van der Waals surface area contributed by atoms with Crippen LogP contribution in [-0.2, 0) is 6.42 Å². The molecular weight excluding hydrogens is 192 g/mol. The van der Waals surface area contributed by atoms with E-state index in [9.17, 15) is 0 Å². The highest BCUT2D eigenvalue weighted by Gasteiger charge is 2.03. The second-order valence-electron chi connectivity index (χ2n) is 3.20. The molecule has 0 N–H and O–H groups in total. The van der Waals surface area contributed by atoms with Crippen LogP contribution in [0, 0.1) is 6.92 Å². The summed E-state index contributed by atoms with van der Waals surface area (Å²) in [5.41, 5.74) is 2.52. The molecule has 0 saturated heterocycles. The monoisotopic (exact) mass is 204 g/mol. The largest absolute Gasteiger partial charge is 0.220 e. The van der Waals surface area contributed by atoms with Crippen LogP contribution in [0.2, 0.25) is 0 Å². The second kappa shape index (κ2) is 3.88. The second-order valence-corrected chi connectivity index (χ2v) is 3.95. The SMILES string of the molecule is CCc1cccc(-c2nc(C)ns2)c1. The summed E-state index contributed by atoms with van der Waals surface area (Å²) < 4.78 is 4.18. The number of aryl methyl sites for hydroxylation is 2. The van der Waals surface area contributed by atoms with Crippen molar-refractivity contribution in [2.75, 3.05) is 0 Å². The van der Waals surface area contributed by atoms with Crippen molar-refractivity contribution in [2.24, 2.45) is 0 Å². The van der Waals surface area contributed by atoms with Crippen molar-refractivity contribution >= 4 is 11.5 Å². The van der Waals surface area contributed by atoms with Gasteiger partial charge >= 0.3 is 0 Å². The van der Waals surface area contributed by atoms with Crippen LogP contribution in [0.3, 0.4) is 0 Å². The minimum Gasteiger partial charge on any atom is -0.220 e. The summed E-state index contributed by atoms with van der Waals surface area (Å²) in [5.74, 6) is 0.854. The maximum atomic E-state index is 4.36. The molecule has 0 aliphatic heterocycles. The fourth-order valence-corrected chi connectivity index (χ4v) is 2.00. The van der Waals surface area contributed by atoms with Crippen LogP contribution < -0.4 is 0 Å². The Balaban J connectivity index is 2.41. The molecule has 0 aliphatic carbocycles. The molecule has 0 fully saturated rings. The van der Waals surface area contributed by atoms with Crippen molar-refractivity contribution in [3.8, 4) is 10.6 Å². The fourth-order valence-electron chi connectivity index (χ4n) is 1.34. The summed E-state index contributed by atoms with van der Waals surface area (Å²) in [6.07, 6.45) is 1.06. The van der Waals surface area contributed by atoms with Crippen LogP contribution in [0.15, 0.2) is 24.3 Å². The lowest BCUT2D eigenvalue weighted by molar-refractivity contribution is 1.14. The molecule has 0 aliphatic rings. The molecule has 14 heavy (non-hydrogen) atoms. The minimum atomic E-state index is 0.854. The molecule has 1 heterocycles. The maximum absolute atomic E-state index is 4.36. The molecule has 1 aromatic carbocycles. The van der Waals surface area contributed by atoms with E-state index in [1.807, 2.05) is 6.92 Å². The molecule has 2 rings (SSSR count). The minimum absolute atomic E-state index is 0.854. The third-order valence-corrected chi connectivity index (χ3v) is 2.97. The molecule has 0 saturated carbocycles. The first kappa shape index (κ1) is 9.34. The lowest BCUT2D eigenvalue weighted by Crippen LogP contribution is -1.82. The van der Waals surface area contributed by atoms with E-state index in [0.717, 1.165) is 17.3 Å². The molecule has 0 radical (unpaired) electrons. The van der Waals surface area contributed by atoms with Crippen molar-refractivity contribution in [3.63, 3.8) is 0 Å². The van der Waals surface area contributed by atoms with E-state index in [4.69, 9.17) is 0 Å². The van der Waals surface area contributed by atoms with Gasteiger partial charge in [-0.15, -0.1) is 0 Å². The van der Waals surface area contributed by atoms with E-state index in [0.29, 0.717) is 0 Å². The van der Waals surface area contributed by atoms with Gasteiger partial charge in [-0.05, 0) is 36.5 Å². The van der Waals surface area contributed by atoms with Crippen molar-refractivity contribution < 1.29 is 0 Å². The van der Waals surface area contributed by atoms with Crippen molar-refractivity contribution in [1.82, 2.24) is 9.36 Å². The molecule has 0 atom stereocenters. The first-order chi connectivity index (χ1) is 6.79. The van der Waals surface area contributed by atoms with Gasteiger partial charge in [-0.3, -0.25) is 0 Å². The number of benzene rings is 1. The summed E-state index contributed by atoms with van der Waals surface area (Å²) in [6.45, 7) is 4.08. The van der Waals surface area contributed by atoms with Crippen molar-refractivity contribution in [3.05, 3.63) is 35.7 Å². The number of nitrogens with zero attached hydrogens (tertiary/aromatic N) is 2. The summed E-state index contributed by atoms with van der Waals surface area (Å²) in [5, 5.41) is 1.01. The average molecular weight is 204 g/mol. The Morgan fingerprint density at radius 1 is 1.36 bits per heavy atom. The van der Waals surface area contributed by atoms with Gasteiger partial charge in [0.25, 0.3) is 0 Å². The van der Waals surface area contributed by atoms with Gasteiger partial charge in [0.05, 0.1) is 0 Å². The molecule has 2 nitrogen and oxygen atoms in total. The van der Waals surface area contributed by atoms with Crippen molar-refractivity contribution in [1.29, 1.82) is 0 Å². The van der Waals surface area contributed by atoms with Crippen LogP contribution in [-0.4, -0.2) is 9.36 Å². The Morgan fingerprint density at radius 2 is 2.21 bits per heavy atom. The third-order valence-electron chi connectivity index (χ3n) is 2.11. The zero-order valence-corrected chi connectivity index (χ0v) is 9.14. The van der Waals surface area contributed by atoms with Gasteiger partial charge in [0.2, 0.25) is 0 Å². The van der Waals surface area contributed by atoms with Crippen LogP contribution in [0.4, 0.5) is 0 Å². The van der Waals surface area contributed by atoms with Gasteiger partial charge in [-0.1, -0.05) is 25.1 Å². The number of aromatic nitrogens is 2. The molecular formula is C11H12N2S. The zero-order valence-electron chi connectivity index (χ0n) is 8.32. The molecule has 0 unspecified atom stereocenters. The number of hydrogen-bond acceptors (Lipinski definition) is 3. The highest BCUT2D eigenvalue weighted by Crippen LogP contribution is 2.22. The summed E-state index contributed by atoms with van der Waals surface area (Å²) in [6, 6.07) is 8.47. The number of hydrogen-bond donors (Lipinski definition) is 0. The van der Waals surface area contributed by atoms with Crippen LogP contribution in [0.25, 0.3) is 10.6 Å². The molecule has 0 spiro atoms. The van der Waals surface area contributed by atoms with Gasteiger partial charge in [-0.2, -0.15) is 4.37 Å². The fraction of sp³-hybridized carbons (Fsp3) is 0.273. The van der Waals surface area contributed by atoms with Gasteiger partial charge < -0.3 is 0 Å². The Labute approximate surface area is 87.8 Å². The first-order valence-corrected chi connectivity index (χ1v) is 5.46. The quantitative estimate of drug-likeness (QED) is 0.751. The van der Waals surface area contributed by atoms with E-state index in [1.54, 1.807) is 0 Å². The van der Waals surface area contributed by atoms with Crippen LogP contribution in [0.1, 0.15) is 18.3 Å². The smallest absolute Gasteiger partial charge is 0.144 e. The molecule has 0 amide bonds. The van der Waals surface area contributed by atoms with Gasteiger partial charge in [0.15, 0.2) is 0 Å². The Hall–Kier alpha value is -1.22. The third kappa shape index (κ3) is 1.82. The van der Waals surface area contributed by atoms with Crippen LogP contribution in [0.5, 0.6) is 0 Å². The van der Waals surface area contributed by atoms with Crippen molar-refractivity contribution in [2.45, 2.75) is 20.3 Å². The van der Waals surface area contributed by atoms with E-state index in [2.05, 4.69) is 40.5 Å². The molecule has 2 aromatic rings. The average Bonchev–Trinajstić information content (AvgIpc) is 2.65. The summed E-state index contributed by atoms with van der Waals surface area (Å²) >= 11 is 1.46. The lowest BCUT2D eigenvalue weighted by Gasteiger charge is -1.98. The van der Waals surface area contributed by atoms with E-state index >= 15 is 0 Å². The van der Waals surface area contributed by atoms with E-state index < -0.39 is 0 Å². The highest BCUT2D eigenvalue weighted by atomic mass is 32.1. The Morgan fingerprint density at radius 3 is 2.86 bits per heavy atom. The topological polar surface area (TPSA) is 25.8 Å². The predicted molar refractivity (Wildman–Crippen MR) is 59.5 cm³/mol. The van der Waals surface area contributed by atoms with Gasteiger partial charge in [-0.25, -0.2) is 4.98 Å². The molecule has 0 bridgehead atoms. The standard InChI is InChI=1S/C11H12N2S/c1-3-9-5-4-6-10(7-9)11-12-8(2)13-14-11/h4-7H,3H2,1-2H3. The Kier molecular flexibility index (Phi) is 2.59. The molecule has 1 aromatic heterocycles. The normalized spacial score (nSPS) is 10.4. The summed E-state index contributed by atoms with van der Waals surface area (Å²) in [7, 11) is 0. The predicted octanol–water partition coefficient (Wildman–Crippen LogP) is 3.08. The first-order valence-electron chi connectivity index (χ1n) is 4.69. The molecule has 3 heteroatoms. The summed E-state index contributed by atoms with van der Waals surface area (Å²) in [4.78, 5) is 4.36. The highest BCUT2D eigenvalue weighted by molar-refractivity contribution is 7.09. The Bertz CT molecular complexity index is 434. The van der Waals surface area contributed by atoms with E-state index in [-0.39, 0.29) is 0 Å². The van der Waals surface area contributed by atoms with Gasteiger partial charge in [0.1, 0.15) is 10.8 Å². The lowest BCUT2D eigenvalue weighted by atomic mass is 10.1. The number of rotatable bonds is 2. The van der Waals surface area contributed by atoms with E-state index in [1.165, 1.54) is 22.7 Å². The van der Waals surface area contributed by atoms with Crippen LogP contribution >= 0.6 is 11.5 Å².